The molecule has 2 rings (SSSR count). The van der Waals surface area contributed by atoms with Crippen LogP contribution in [0.3, 0.4) is 0 Å². The standard InChI is InChI=1S/C20H22ClNO5/c1-4-27-18-16(21)10-14(11-17(18)26-3)19(23)22-15-7-5-13(6-8-15)9-12(2)20(24)25/h5-8,10-12H,4,9H2,1-3H3,(H,22,23)(H,24,25). The molecule has 0 aliphatic heterocycles. The van der Waals surface area contributed by atoms with Crippen molar-refractivity contribution in [3.63, 3.8) is 0 Å². The first-order valence-corrected chi connectivity index (χ1v) is 8.86. The number of rotatable bonds is 8. The van der Waals surface area contributed by atoms with E-state index in [0.29, 0.717) is 40.8 Å². The number of nitrogens with one attached hydrogen (secondary N) is 1. The van der Waals surface area contributed by atoms with Gasteiger partial charge in [0.2, 0.25) is 0 Å². The fourth-order valence-electron chi connectivity index (χ4n) is 2.50. The summed E-state index contributed by atoms with van der Waals surface area (Å²) < 4.78 is 10.7. The monoisotopic (exact) mass is 391 g/mol. The van der Waals surface area contributed by atoms with Crippen LogP contribution < -0.4 is 14.8 Å². The summed E-state index contributed by atoms with van der Waals surface area (Å²) in [4.78, 5) is 23.4. The van der Waals surface area contributed by atoms with Gasteiger partial charge in [0.05, 0.1) is 24.7 Å². The van der Waals surface area contributed by atoms with E-state index in [9.17, 15) is 9.59 Å². The van der Waals surface area contributed by atoms with E-state index in [1.165, 1.54) is 13.2 Å². The van der Waals surface area contributed by atoms with Crippen molar-refractivity contribution in [2.75, 3.05) is 19.0 Å². The van der Waals surface area contributed by atoms with Crippen molar-refractivity contribution in [3.05, 3.63) is 52.5 Å². The maximum atomic E-state index is 12.5. The molecule has 0 fully saturated rings. The van der Waals surface area contributed by atoms with Crippen molar-refractivity contribution in [2.24, 2.45) is 5.92 Å². The minimum absolute atomic E-state index is 0.291. The molecule has 0 aliphatic carbocycles. The summed E-state index contributed by atoms with van der Waals surface area (Å²) in [5.41, 5.74) is 1.81. The first-order valence-electron chi connectivity index (χ1n) is 8.49. The van der Waals surface area contributed by atoms with Crippen LogP contribution in [-0.4, -0.2) is 30.7 Å². The van der Waals surface area contributed by atoms with Crippen molar-refractivity contribution in [1.82, 2.24) is 0 Å². The first kappa shape index (κ1) is 20.6. The van der Waals surface area contributed by atoms with Gasteiger partial charge < -0.3 is 19.9 Å². The summed E-state index contributed by atoms with van der Waals surface area (Å²) in [7, 11) is 1.48. The molecular weight excluding hydrogens is 370 g/mol. The number of hydrogen-bond acceptors (Lipinski definition) is 4. The molecule has 2 N–H and O–H groups in total. The van der Waals surface area contributed by atoms with E-state index in [0.717, 1.165) is 5.56 Å². The number of benzene rings is 2. The van der Waals surface area contributed by atoms with Gasteiger partial charge in [-0.15, -0.1) is 0 Å². The lowest BCUT2D eigenvalue weighted by atomic mass is 10.0. The Kier molecular flexibility index (Phi) is 7.07. The molecule has 0 saturated carbocycles. The van der Waals surface area contributed by atoms with Gasteiger partial charge in [-0.2, -0.15) is 0 Å². The second-order valence-corrected chi connectivity index (χ2v) is 6.42. The summed E-state index contributed by atoms with van der Waals surface area (Å²) in [5.74, 6) is -0.870. The highest BCUT2D eigenvalue weighted by Gasteiger charge is 2.16. The average molecular weight is 392 g/mol. The smallest absolute Gasteiger partial charge is 0.306 e. The Morgan fingerprint density at radius 1 is 1.22 bits per heavy atom. The summed E-state index contributed by atoms with van der Waals surface area (Å²) in [5, 5.41) is 12.0. The molecule has 2 aromatic carbocycles. The van der Waals surface area contributed by atoms with Crippen LogP contribution in [0.15, 0.2) is 36.4 Å². The van der Waals surface area contributed by atoms with Gasteiger partial charge >= 0.3 is 5.97 Å². The van der Waals surface area contributed by atoms with E-state index in [1.54, 1.807) is 37.3 Å². The predicted molar refractivity (Wildman–Crippen MR) is 104 cm³/mol. The number of aliphatic carboxylic acids is 1. The Labute approximate surface area is 163 Å². The van der Waals surface area contributed by atoms with Crippen LogP contribution in [0.2, 0.25) is 5.02 Å². The lowest BCUT2D eigenvalue weighted by molar-refractivity contribution is -0.141. The molecule has 1 unspecified atom stereocenters. The van der Waals surface area contributed by atoms with Gasteiger partial charge in [-0.1, -0.05) is 30.7 Å². The van der Waals surface area contributed by atoms with E-state index in [-0.39, 0.29) is 5.91 Å². The zero-order valence-corrected chi connectivity index (χ0v) is 16.2. The van der Waals surface area contributed by atoms with Crippen LogP contribution in [0, 0.1) is 5.92 Å². The van der Waals surface area contributed by atoms with Gasteiger partial charge in [0.25, 0.3) is 5.91 Å². The number of carboxylic acids is 1. The third-order valence-corrected chi connectivity index (χ3v) is 4.24. The molecule has 0 radical (unpaired) electrons. The van der Waals surface area contributed by atoms with Crippen LogP contribution in [0.25, 0.3) is 0 Å². The fraction of sp³-hybridized carbons (Fsp3) is 0.300. The summed E-state index contributed by atoms with van der Waals surface area (Å²) >= 11 is 6.20. The Bertz CT molecular complexity index is 820. The molecule has 0 bridgehead atoms. The normalized spacial score (nSPS) is 11.6. The summed E-state index contributed by atoms with van der Waals surface area (Å²) in [6, 6.07) is 10.1. The number of hydrogen-bond donors (Lipinski definition) is 2. The van der Waals surface area contributed by atoms with Crippen LogP contribution in [0.4, 0.5) is 5.69 Å². The molecule has 1 atom stereocenters. The highest BCUT2D eigenvalue weighted by molar-refractivity contribution is 6.32. The van der Waals surface area contributed by atoms with Crippen molar-refractivity contribution >= 4 is 29.2 Å². The van der Waals surface area contributed by atoms with Gasteiger partial charge in [0.1, 0.15) is 0 Å². The van der Waals surface area contributed by atoms with Gasteiger partial charge in [-0.05, 0) is 43.2 Å². The molecule has 0 saturated heterocycles. The van der Waals surface area contributed by atoms with Gasteiger partial charge in [-0.3, -0.25) is 9.59 Å². The van der Waals surface area contributed by atoms with Gasteiger partial charge in [0, 0.05) is 11.3 Å². The quantitative estimate of drug-likeness (QED) is 0.702. The first-order chi connectivity index (χ1) is 12.8. The maximum Gasteiger partial charge on any atom is 0.306 e. The van der Waals surface area contributed by atoms with Gasteiger partial charge in [0.15, 0.2) is 11.5 Å². The van der Waals surface area contributed by atoms with E-state index < -0.39 is 11.9 Å². The average Bonchev–Trinajstić information content (AvgIpc) is 2.64. The maximum absolute atomic E-state index is 12.5. The van der Waals surface area contributed by atoms with E-state index in [4.69, 9.17) is 26.2 Å². The number of anilines is 1. The van der Waals surface area contributed by atoms with Crippen molar-refractivity contribution in [1.29, 1.82) is 0 Å². The molecular formula is C20H22ClNO5. The van der Waals surface area contributed by atoms with Crippen molar-refractivity contribution < 1.29 is 24.2 Å². The minimum atomic E-state index is -0.839. The third kappa shape index (κ3) is 5.37. The van der Waals surface area contributed by atoms with Gasteiger partial charge in [-0.25, -0.2) is 0 Å². The zero-order chi connectivity index (χ0) is 20.0. The molecule has 1 amide bonds. The number of carbonyl (C=O) groups excluding carboxylic acids is 1. The highest BCUT2D eigenvalue weighted by atomic mass is 35.5. The second-order valence-electron chi connectivity index (χ2n) is 6.02. The topological polar surface area (TPSA) is 84.9 Å². The summed E-state index contributed by atoms with van der Waals surface area (Å²) in [6.07, 6.45) is 0.426. The molecule has 144 valence electrons. The molecule has 27 heavy (non-hydrogen) atoms. The lowest BCUT2D eigenvalue weighted by Gasteiger charge is -2.13. The van der Waals surface area contributed by atoms with Crippen LogP contribution in [-0.2, 0) is 11.2 Å². The molecule has 2 aromatic rings. The predicted octanol–water partition coefficient (Wildman–Crippen LogP) is 4.26. The SMILES string of the molecule is CCOc1c(Cl)cc(C(=O)Nc2ccc(CC(C)C(=O)O)cc2)cc1OC. The molecule has 6 nitrogen and oxygen atoms in total. The lowest BCUT2D eigenvalue weighted by Crippen LogP contribution is -2.13. The highest BCUT2D eigenvalue weighted by Crippen LogP contribution is 2.36. The van der Waals surface area contributed by atoms with Crippen LogP contribution in [0.1, 0.15) is 29.8 Å². The molecule has 0 spiro atoms. The number of amides is 1. The van der Waals surface area contributed by atoms with Crippen LogP contribution >= 0.6 is 11.6 Å². The second kappa shape index (κ2) is 9.28. The van der Waals surface area contributed by atoms with E-state index >= 15 is 0 Å². The van der Waals surface area contributed by atoms with Crippen LogP contribution in [0.5, 0.6) is 11.5 Å². The Hall–Kier alpha value is -2.73. The Morgan fingerprint density at radius 3 is 2.44 bits per heavy atom. The number of halogens is 1. The number of ether oxygens (including phenoxy) is 2. The van der Waals surface area contributed by atoms with Crippen molar-refractivity contribution in [3.8, 4) is 11.5 Å². The zero-order valence-electron chi connectivity index (χ0n) is 15.4. The molecule has 0 heterocycles. The Morgan fingerprint density at radius 2 is 1.89 bits per heavy atom. The fourth-order valence-corrected chi connectivity index (χ4v) is 2.77. The van der Waals surface area contributed by atoms with E-state index in [2.05, 4.69) is 5.32 Å². The Balaban J connectivity index is 2.13. The molecule has 7 heteroatoms. The largest absolute Gasteiger partial charge is 0.493 e. The van der Waals surface area contributed by atoms with E-state index in [1.807, 2.05) is 6.92 Å². The third-order valence-electron chi connectivity index (χ3n) is 3.96. The molecule has 0 aliphatic rings. The number of carbonyl (C=O) groups is 2. The molecule has 0 aromatic heterocycles. The number of carboxylic acid groups (broad SMARTS) is 1. The van der Waals surface area contributed by atoms with Crippen molar-refractivity contribution in [2.45, 2.75) is 20.3 Å². The summed E-state index contributed by atoms with van der Waals surface area (Å²) in [6.45, 7) is 3.91. The number of methoxy groups -OCH3 is 1. The minimum Gasteiger partial charge on any atom is -0.493 e.